The third-order valence-electron chi connectivity index (χ3n) is 5.23. The minimum Gasteiger partial charge on any atom is -0.311 e. The normalized spacial score (nSPS) is 31.1. The summed E-state index contributed by atoms with van der Waals surface area (Å²) in [6, 6.07) is 1.57. The van der Waals surface area contributed by atoms with Crippen molar-refractivity contribution in [2.45, 2.75) is 71.0 Å². The van der Waals surface area contributed by atoms with E-state index in [1.807, 2.05) is 0 Å². The van der Waals surface area contributed by atoms with Gasteiger partial charge in [-0.1, -0.05) is 6.92 Å². The Morgan fingerprint density at radius 1 is 1.20 bits per heavy atom. The van der Waals surface area contributed by atoms with Crippen LogP contribution in [0.1, 0.15) is 53.4 Å². The van der Waals surface area contributed by atoms with Crippen LogP contribution < -0.4 is 5.32 Å². The SMILES string of the molecule is CCC(CNC(C)(C)C)N1CCC2C(CCCN2C)C1. The molecule has 2 aliphatic rings. The first-order valence-corrected chi connectivity index (χ1v) is 8.60. The van der Waals surface area contributed by atoms with Gasteiger partial charge in [0.15, 0.2) is 0 Å². The van der Waals surface area contributed by atoms with Crippen LogP contribution in [0, 0.1) is 5.92 Å². The van der Waals surface area contributed by atoms with Crippen molar-refractivity contribution in [1.82, 2.24) is 15.1 Å². The summed E-state index contributed by atoms with van der Waals surface area (Å²) in [6.07, 6.45) is 5.46. The molecule has 2 rings (SSSR count). The second kappa shape index (κ2) is 6.76. The van der Waals surface area contributed by atoms with Crippen LogP contribution in [-0.4, -0.2) is 60.6 Å². The predicted molar refractivity (Wildman–Crippen MR) is 87.2 cm³/mol. The molecule has 2 heterocycles. The molecule has 3 unspecified atom stereocenters. The van der Waals surface area contributed by atoms with E-state index in [4.69, 9.17) is 0 Å². The van der Waals surface area contributed by atoms with Crippen molar-refractivity contribution >= 4 is 0 Å². The first-order chi connectivity index (χ1) is 9.40. The zero-order valence-electron chi connectivity index (χ0n) is 14.3. The van der Waals surface area contributed by atoms with Gasteiger partial charge in [0.2, 0.25) is 0 Å². The van der Waals surface area contributed by atoms with Crippen LogP contribution in [0.4, 0.5) is 0 Å². The summed E-state index contributed by atoms with van der Waals surface area (Å²) in [4.78, 5) is 5.37. The fraction of sp³-hybridized carbons (Fsp3) is 1.00. The van der Waals surface area contributed by atoms with Gasteiger partial charge in [-0.25, -0.2) is 0 Å². The lowest BCUT2D eigenvalue weighted by molar-refractivity contribution is 0.0182. The van der Waals surface area contributed by atoms with Gasteiger partial charge >= 0.3 is 0 Å². The minimum atomic E-state index is 0.233. The molecule has 3 nitrogen and oxygen atoms in total. The van der Waals surface area contributed by atoms with Crippen molar-refractivity contribution in [2.24, 2.45) is 5.92 Å². The summed E-state index contributed by atoms with van der Waals surface area (Å²) >= 11 is 0. The van der Waals surface area contributed by atoms with Crippen LogP contribution in [0.15, 0.2) is 0 Å². The van der Waals surface area contributed by atoms with E-state index in [9.17, 15) is 0 Å². The highest BCUT2D eigenvalue weighted by atomic mass is 15.2. The van der Waals surface area contributed by atoms with Crippen molar-refractivity contribution in [2.75, 3.05) is 33.2 Å². The van der Waals surface area contributed by atoms with Gasteiger partial charge in [-0.2, -0.15) is 0 Å². The van der Waals surface area contributed by atoms with Crippen molar-refractivity contribution in [3.05, 3.63) is 0 Å². The first kappa shape index (κ1) is 16.3. The molecular weight excluding hydrogens is 246 g/mol. The number of nitrogens with one attached hydrogen (secondary N) is 1. The molecule has 0 radical (unpaired) electrons. The van der Waals surface area contributed by atoms with Gasteiger partial charge in [0.1, 0.15) is 0 Å². The number of likely N-dealkylation sites (tertiary alicyclic amines) is 2. The van der Waals surface area contributed by atoms with E-state index in [0.717, 1.165) is 18.5 Å². The molecule has 0 aromatic rings. The van der Waals surface area contributed by atoms with E-state index in [1.165, 1.54) is 45.3 Å². The van der Waals surface area contributed by atoms with Crippen LogP contribution in [-0.2, 0) is 0 Å². The maximum absolute atomic E-state index is 3.70. The van der Waals surface area contributed by atoms with Crippen LogP contribution in [0.3, 0.4) is 0 Å². The van der Waals surface area contributed by atoms with Crippen molar-refractivity contribution in [3.63, 3.8) is 0 Å². The first-order valence-electron chi connectivity index (χ1n) is 8.60. The fourth-order valence-electron chi connectivity index (χ4n) is 3.97. The summed E-state index contributed by atoms with van der Waals surface area (Å²) in [7, 11) is 2.32. The summed E-state index contributed by atoms with van der Waals surface area (Å²) in [5.41, 5.74) is 0.233. The average molecular weight is 281 g/mol. The molecular formula is C17H35N3. The van der Waals surface area contributed by atoms with Gasteiger partial charge in [-0.05, 0) is 72.5 Å². The van der Waals surface area contributed by atoms with Crippen LogP contribution in [0.2, 0.25) is 0 Å². The zero-order valence-corrected chi connectivity index (χ0v) is 14.3. The molecule has 1 N–H and O–H groups in total. The van der Waals surface area contributed by atoms with Crippen molar-refractivity contribution < 1.29 is 0 Å². The summed E-state index contributed by atoms with van der Waals surface area (Å²) in [5, 5.41) is 3.70. The zero-order chi connectivity index (χ0) is 14.8. The van der Waals surface area contributed by atoms with E-state index in [1.54, 1.807) is 0 Å². The Morgan fingerprint density at radius 2 is 1.95 bits per heavy atom. The van der Waals surface area contributed by atoms with Crippen molar-refractivity contribution in [1.29, 1.82) is 0 Å². The van der Waals surface area contributed by atoms with E-state index in [2.05, 4.69) is 49.9 Å². The molecule has 20 heavy (non-hydrogen) atoms. The lowest BCUT2D eigenvalue weighted by Crippen LogP contribution is -2.57. The molecule has 3 heteroatoms. The molecule has 0 aromatic heterocycles. The van der Waals surface area contributed by atoms with Crippen molar-refractivity contribution in [3.8, 4) is 0 Å². The average Bonchev–Trinajstić information content (AvgIpc) is 2.38. The highest BCUT2D eigenvalue weighted by molar-refractivity contribution is 4.91. The quantitative estimate of drug-likeness (QED) is 0.854. The number of nitrogens with zero attached hydrogens (tertiary/aromatic N) is 2. The van der Waals surface area contributed by atoms with Gasteiger partial charge in [0.25, 0.3) is 0 Å². The Balaban J connectivity index is 1.88. The maximum atomic E-state index is 3.70. The summed E-state index contributed by atoms with van der Waals surface area (Å²) < 4.78 is 0. The summed E-state index contributed by atoms with van der Waals surface area (Å²) in [5.74, 6) is 0.909. The van der Waals surface area contributed by atoms with E-state index >= 15 is 0 Å². The smallest absolute Gasteiger partial charge is 0.0218 e. The van der Waals surface area contributed by atoms with Crippen LogP contribution >= 0.6 is 0 Å². The van der Waals surface area contributed by atoms with Gasteiger partial charge in [-0.15, -0.1) is 0 Å². The molecule has 0 spiro atoms. The molecule has 2 aliphatic heterocycles. The molecule has 2 fully saturated rings. The van der Waals surface area contributed by atoms with Gasteiger partial charge in [0, 0.05) is 30.7 Å². The van der Waals surface area contributed by atoms with Crippen LogP contribution in [0.25, 0.3) is 0 Å². The van der Waals surface area contributed by atoms with Gasteiger partial charge < -0.3 is 10.2 Å². The Bertz CT molecular complexity index is 297. The van der Waals surface area contributed by atoms with Gasteiger partial charge in [-0.3, -0.25) is 4.90 Å². The van der Waals surface area contributed by atoms with Gasteiger partial charge in [0.05, 0.1) is 0 Å². The van der Waals surface area contributed by atoms with E-state index in [-0.39, 0.29) is 5.54 Å². The summed E-state index contributed by atoms with van der Waals surface area (Å²) in [6.45, 7) is 14.2. The highest BCUT2D eigenvalue weighted by Crippen LogP contribution is 2.30. The number of hydrogen-bond acceptors (Lipinski definition) is 3. The molecule has 118 valence electrons. The molecule has 0 bridgehead atoms. The Hall–Kier alpha value is -0.120. The van der Waals surface area contributed by atoms with E-state index in [0.29, 0.717) is 6.04 Å². The number of piperidine rings is 2. The van der Waals surface area contributed by atoms with Crippen LogP contribution in [0.5, 0.6) is 0 Å². The largest absolute Gasteiger partial charge is 0.311 e. The Kier molecular flexibility index (Phi) is 5.49. The molecule has 0 saturated carbocycles. The fourth-order valence-corrected chi connectivity index (χ4v) is 3.97. The number of hydrogen-bond donors (Lipinski definition) is 1. The predicted octanol–water partition coefficient (Wildman–Crippen LogP) is 2.57. The third kappa shape index (κ3) is 4.19. The number of fused-ring (bicyclic) bond motifs is 1. The second-order valence-corrected chi connectivity index (χ2v) is 7.93. The molecule has 0 amide bonds. The standard InChI is InChI=1S/C17H35N3/c1-6-15(12-18-17(2,3)4)20-11-9-16-14(13-20)8-7-10-19(16)5/h14-16,18H,6-13H2,1-5H3. The second-order valence-electron chi connectivity index (χ2n) is 7.93. The Labute approximate surface area is 126 Å². The highest BCUT2D eigenvalue weighted by Gasteiger charge is 2.35. The Morgan fingerprint density at radius 3 is 2.60 bits per heavy atom. The third-order valence-corrected chi connectivity index (χ3v) is 5.23. The molecule has 3 atom stereocenters. The minimum absolute atomic E-state index is 0.233. The lowest BCUT2D eigenvalue weighted by atomic mass is 9.83. The maximum Gasteiger partial charge on any atom is 0.0218 e. The molecule has 2 saturated heterocycles. The molecule has 0 aliphatic carbocycles. The monoisotopic (exact) mass is 281 g/mol. The topological polar surface area (TPSA) is 18.5 Å². The lowest BCUT2D eigenvalue weighted by Gasteiger charge is -2.48. The number of rotatable bonds is 4. The molecule has 0 aromatic carbocycles. The van der Waals surface area contributed by atoms with E-state index < -0.39 is 0 Å².